The third-order valence-electron chi connectivity index (χ3n) is 4.51. The van der Waals surface area contributed by atoms with Crippen molar-refractivity contribution in [2.24, 2.45) is 0 Å². The molecule has 0 aliphatic carbocycles. The molecule has 0 unspecified atom stereocenters. The second kappa shape index (κ2) is 9.15. The number of hydrogen-bond acceptors (Lipinski definition) is 4. The zero-order chi connectivity index (χ0) is 20.1. The third kappa shape index (κ3) is 5.40. The Morgan fingerprint density at radius 2 is 1.79 bits per heavy atom. The van der Waals surface area contributed by atoms with Crippen molar-refractivity contribution in [1.29, 1.82) is 0 Å². The summed E-state index contributed by atoms with van der Waals surface area (Å²) in [5.74, 6) is 0.541. The Hall–Kier alpha value is -1.77. The Kier molecular flexibility index (Phi) is 6.85. The lowest BCUT2D eigenvalue weighted by molar-refractivity contribution is -0.274. The predicted molar refractivity (Wildman–Crippen MR) is 105 cm³/mol. The molecule has 28 heavy (non-hydrogen) atoms. The summed E-state index contributed by atoms with van der Waals surface area (Å²) in [7, 11) is 0. The second-order valence-electron chi connectivity index (χ2n) is 6.42. The molecule has 2 aromatic carbocycles. The van der Waals surface area contributed by atoms with E-state index in [2.05, 4.69) is 30.9 Å². The quantitative estimate of drug-likeness (QED) is 0.677. The molecule has 1 fully saturated rings. The Morgan fingerprint density at radius 1 is 1.11 bits per heavy atom. The highest BCUT2D eigenvalue weighted by Crippen LogP contribution is 2.37. The number of hydrogen-bond donors (Lipinski definition) is 1. The number of nitrogens with one attached hydrogen (secondary N) is 1. The fraction of sp³-hybridized carbons (Fsp3) is 0.400. The predicted octanol–water partition coefficient (Wildman–Crippen LogP) is 4.74. The molecule has 0 radical (unpaired) electrons. The van der Waals surface area contributed by atoms with Gasteiger partial charge in [0.15, 0.2) is 0 Å². The van der Waals surface area contributed by atoms with Crippen molar-refractivity contribution in [3.05, 3.63) is 58.1 Å². The van der Waals surface area contributed by atoms with E-state index in [0.717, 1.165) is 47.5 Å². The summed E-state index contributed by atoms with van der Waals surface area (Å²) in [6.45, 7) is 5.80. The molecular formula is C20H22BrF3N2O2. The average Bonchev–Trinajstić information content (AvgIpc) is 2.65. The summed E-state index contributed by atoms with van der Waals surface area (Å²) in [6.07, 6.45) is -4.70. The monoisotopic (exact) mass is 458 g/mol. The topological polar surface area (TPSA) is 33.7 Å². The fourth-order valence-electron chi connectivity index (χ4n) is 3.40. The smallest absolute Gasteiger partial charge is 0.494 e. The Labute approximate surface area is 170 Å². The normalized spacial score (nSPS) is 16.6. The molecule has 0 bridgehead atoms. The minimum atomic E-state index is -4.70. The SMILES string of the molecule is CCOc1ccc(Br)cc1[C@H](c1ccc(OC(F)(F)F)cc1)N1CCNCC1. The van der Waals surface area contributed by atoms with Gasteiger partial charge in [0.2, 0.25) is 0 Å². The zero-order valence-electron chi connectivity index (χ0n) is 15.4. The minimum absolute atomic E-state index is 0.138. The van der Waals surface area contributed by atoms with Crippen LogP contribution in [0.25, 0.3) is 0 Å². The maximum absolute atomic E-state index is 12.5. The van der Waals surface area contributed by atoms with Gasteiger partial charge in [0.05, 0.1) is 12.6 Å². The van der Waals surface area contributed by atoms with Crippen LogP contribution in [0.1, 0.15) is 24.1 Å². The fourth-order valence-corrected chi connectivity index (χ4v) is 3.78. The second-order valence-corrected chi connectivity index (χ2v) is 7.34. The van der Waals surface area contributed by atoms with Crippen LogP contribution in [0.3, 0.4) is 0 Å². The van der Waals surface area contributed by atoms with Crippen molar-refractivity contribution in [2.45, 2.75) is 19.3 Å². The largest absolute Gasteiger partial charge is 0.573 e. The molecule has 152 valence electrons. The molecule has 1 saturated heterocycles. The number of ether oxygens (including phenoxy) is 2. The summed E-state index contributed by atoms with van der Waals surface area (Å²) < 4.78 is 48.2. The van der Waals surface area contributed by atoms with Crippen LogP contribution in [-0.2, 0) is 0 Å². The maximum atomic E-state index is 12.5. The van der Waals surface area contributed by atoms with Crippen molar-refractivity contribution < 1.29 is 22.6 Å². The summed E-state index contributed by atoms with van der Waals surface area (Å²) in [6, 6.07) is 11.8. The molecule has 1 heterocycles. The first-order chi connectivity index (χ1) is 13.4. The van der Waals surface area contributed by atoms with Gasteiger partial charge in [-0.3, -0.25) is 4.90 Å². The van der Waals surface area contributed by atoms with Gasteiger partial charge in [0.25, 0.3) is 0 Å². The highest BCUT2D eigenvalue weighted by atomic mass is 79.9. The lowest BCUT2D eigenvalue weighted by Gasteiger charge is -2.36. The van der Waals surface area contributed by atoms with Crippen molar-refractivity contribution in [2.75, 3.05) is 32.8 Å². The molecule has 1 atom stereocenters. The van der Waals surface area contributed by atoms with Crippen LogP contribution in [0.2, 0.25) is 0 Å². The molecular weight excluding hydrogens is 437 g/mol. The summed E-state index contributed by atoms with van der Waals surface area (Å²) in [5, 5.41) is 3.33. The van der Waals surface area contributed by atoms with Crippen molar-refractivity contribution >= 4 is 15.9 Å². The third-order valence-corrected chi connectivity index (χ3v) is 5.01. The summed E-state index contributed by atoms with van der Waals surface area (Å²) >= 11 is 3.53. The van der Waals surface area contributed by atoms with Gasteiger partial charge >= 0.3 is 6.36 Å². The standard InChI is InChI=1S/C20H22BrF3N2O2/c1-2-27-18-8-5-15(21)13-17(18)19(26-11-9-25-10-12-26)14-3-6-16(7-4-14)28-20(22,23)24/h3-8,13,19,25H,2,9-12H2,1H3/t19-/m0/s1. The molecule has 0 spiro atoms. The number of alkyl halides is 3. The van der Waals surface area contributed by atoms with E-state index in [0.29, 0.717) is 6.61 Å². The Balaban J connectivity index is 1.99. The van der Waals surface area contributed by atoms with Crippen LogP contribution in [0.4, 0.5) is 13.2 Å². The average molecular weight is 459 g/mol. The lowest BCUT2D eigenvalue weighted by Crippen LogP contribution is -2.45. The van der Waals surface area contributed by atoms with Gasteiger partial charge in [-0.25, -0.2) is 0 Å². The van der Waals surface area contributed by atoms with Crippen LogP contribution in [0.5, 0.6) is 11.5 Å². The van der Waals surface area contributed by atoms with E-state index < -0.39 is 6.36 Å². The highest BCUT2D eigenvalue weighted by Gasteiger charge is 2.31. The molecule has 8 heteroatoms. The van der Waals surface area contributed by atoms with E-state index in [1.54, 1.807) is 12.1 Å². The summed E-state index contributed by atoms with van der Waals surface area (Å²) in [4.78, 5) is 2.31. The van der Waals surface area contributed by atoms with Crippen molar-refractivity contribution in [3.8, 4) is 11.5 Å². The highest BCUT2D eigenvalue weighted by molar-refractivity contribution is 9.10. The van der Waals surface area contributed by atoms with Gasteiger partial charge in [0.1, 0.15) is 11.5 Å². The molecule has 4 nitrogen and oxygen atoms in total. The van der Waals surface area contributed by atoms with Gasteiger partial charge in [-0.05, 0) is 42.8 Å². The van der Waals surface area contributed by atoms with Gasteiger partial charge < -0.3 is 14.8 Å². The van der Waals surface area contributed by atoms with Crippen LogP contribution in [0, 0.1) is 0 Å². The van der Waals surface area contributed by atoms with Gasteiger partial charge in [-0.1, -0.05) is 28.1 Å². The van der Waals surface area contributed by atoms with Crippen LogP contribution < -0.4 is 14.8 Å². The molecule has 1 N–H and O–H groups in total. The van der Waals surface area contributed by atoms with Gasteiger partial charge in [0, 0.05) is 36.2 Å². The van der Waals surface area contributed by atoms with E-state index in [-0.39, 0.29) is 11.8 Å². The number of rotatable bonds is 6. The zero-order valence-corrected chi connectivity index (χ0v) is 17.0. The molecule has 3 rings (SSSR count). The molecule has 0 saturated carbocycles. The van der Waals surface area contributed by atoms with Crippen LogP contribution in [0.15, 0.2) is 46.9 Å². The van der Waals surface area contributed by atoms with Crippen LogP contribution in [-0.4, -0.2) is 44.0 Å². The first-order valence-electron chi connectivity index (χ1n) is 9.10. The number of benzene rings is 2. The molecule has 2 aromatic rings. The Morgan fingerprint density at radius 3 is 2.39 bits per heavy atom. The molecule has 1 aliphatic rings. The van der Waals surface area contributed by atoms with Crippen molar-refractivity contribution in [3.63, 3.8) is 0 Å². The van der Waals surface area contributed by atoms with Gasteiger partial charge in [-0.2, -0.15) is 0 Å². The number of piperazine rings is 1. The summed E-state index contributed by atoms with van der Waals surface area (Å²) in [5.41, 5.74) is 1.86. The van der Waals surface area contributed by atoms with E-state index >= 15 is 0 Å². The van der Waals surface area contributed by atoms with Crippen LogP contribution >= 0.6 is 15.9 Å². The van der Waals surface area contributed by atoms with E-state index in [4.69, 9.17) is 4.74 Å². The minimum Gasteiger partial charge on any atom is -0.494 e. The molecule has 0 amide bonds. The van der Waals surface area contributed by atoms with E-state index in [1.165, 1.54) is 12.1 Å². The first-order valence-corrected chi connectivity index (χ1v) is 9.89. The van der Waals surface area contributed by atoms with E-state index in [9.17, 15) is 13.2 Å². The molecule has 1 aliphatic heterocycles. The van der Waals surface area contributed by atoms with Gasteiger partial charge in [-0.15, -0.1) is 13.2 Å². The number of nitrogens with zero attached hydrogens (tertiary/aromatic N) is 1. The maximum Gasteiger partial charge on any atom is 0.573 e. The van der Waals surface area contributed by atoms with E-state index in [1.807, 2.05) is 25.1 Å². The Bertz CT molecular complexity index is 778. The van der Waals surface area contributed by atoms with Crippen molar-refractivity contribution in [1.82, 2.24) is 10.2 Å². The number of halogens is 4. The molecule has 0 aromatic heterocycles. The first kappa shape index (κ1) is 21.0. The lowest BCUT2D eigenvalue weighted by atomic mass is 9.95.